The predicted molar refractivity (Wildman–Crippen MR) is 69.8 cm³/mol. The molecule has 1 aromatic heterocycles. The van der Waals surface area contributed by atoms with E-state index in [1.54, 1.807) is 7.11 Å². The maximum Gasteiger partial charge on any atom is 0.184 e. The van der Waals surface area contributed by atoms with Gasteiger partial charge in [-0.2, -0.15) is 0 Å². The van der Waals surface area contributed by atoms with Crippen LogP contribution in [0.25, 0.3) is 11.3 Å². The molecule has 0 bridgehead atoms. The summed E-state index contributed by atoms with van der Waals surface area (Å²) in [4.78, 5) is 5.01. The van der Waals surface area contributed by atoms with Gasteiger partial charge >= 0.3 is 0 Å². The first-order valence-electron chi connectivity index (χ1n) is 5.06. The van der Waals surface area contributed by atoms with Crippen molar-refractivity contribution in [1.82, 2.24) is 4.98 Å². The minimum absolute atomic E-state index is 0.0508. The molecule has 0 radical (unpaired) electrons. The molecule has 2 rings (SSSR count). The number of benzene rings is 1. The fourth-order valence-corrected chi connectivity index (χ4v) is 2.71. The molecule has 0 spiro atoms. The number of ether oxygens (including phenoxy) is 1. The van der Waals surface area contributed by atoms with Gasteiger partial charge in [0.15, 0.2) is 4.47 Å². The summed E-state index contributed by atoms with van der Waals surface area (Å²) in [6, 6.07) is 5.78. The quantitative estimate of drug-likeness (QED) is 0.930. The first-order valence-corrected chi connectivity index (χ1v) is 6.26. The van der Waals surface area contributed by atoms with Crippen LogP contribution >= 0.6 is 22.9 Å². The molecule has 0 fully saturated rings. The number of aromatic nitrogens is 1. The zero-order valence-corrected chi connectivity index (χ0v) is 11.1. The molecule has 5 heteroatoms. The lowest BCUT2D eigenvalue weighted by Crippen LogP contribution is -1.90. The smallest absolute Gasteiger partial charge is 0.184 e. The van der Waals surface area contributed by atoms with Crippen molar-refractivity contribution in [2.45, 2.75) is 13.5 Å². The number of nitrogens with zero attached hydrogens (tertiary/aromatic N) is 1. The zero-order chi connectivity index (χ0) is 12.4. The van der Waals surface area contributed by atoms with Gasteiger partial charge < -0.3 is 9.84 Å². The highest BCUT2D eigenvalue weighted by Crippen LogP contribution is 2.32. The molecule has 0 saturated carbocycles. The van der Waals surface area contributed by atoms with E-state index >= 15 is 0 Å². The molecule has 90 valence electrons. The van der Waals surface area contributed by atoms with Gasteiger partial charge in [-0.05, 0) is 30.7 Å². The fourth-order valence-electron chi connectivity index (χ4n) is 1.68. The molecule has 2 aromatic rings. The summed E-state index contributed by atoms with van der Waals surface area (Å²) in [5, 5.41) is 9.25. The molecule has 0 atom stereocenters. The Labute approximate surface area is 109 Å². The maximum atomic E-state index is 9.25. The van der Waals surface area contributed by atoms with E-state index in [9.17, 15) is 5.11 Å². The highest BCUT2D eigenvalue weighted by molar-refractivity contribution is 7.16. The van der Waals surface area contributed by atoms with Crippen molar-refractivity contribution in [3.63, 3.8) is 0 Å². The van der Waals surface area contributed by atoms with E-state index in [1.165, 1.54) is 11.3 Å². The normalized spacial score (nSPS) is 10.6. The molecule has 0 aliphatic carbocycles. The monoisotopic (exact) mass is 269 g/mol. The lowest BCUT2D eigenvalue weighted by atomic mass is 10.1. The molecular weight excluding hydrogens is 258 g/mol. The van der Waals surface area contributed by atoms with Crippen molar-refractivity contribution in [1.29, 1.82) is 0 Å². The van der Waals surface area contributed by atoms with Crippen LogP contribution in [0.5, 0.6) is 5.75 Å². The van der Waals surface area contributed by atoms with Crippen molar-refractivity contribution in [2.75, 3.05) is 7.11 Å². The lowest BCUT2D eigenvalue weighted by molar-refractivity contribution is 0.286. The van der Waals surface area contributed by atoms with Gasteiger partial charge in [0.25, 0.3) is 0 Å². The van der Waals surface area contributed by atoms with Gasteiger partial charge in [0, 0.05) is 5.56 Å². The Kier molecular flexibility index (Phi) is 3.66. The molecule has 0 saturated heterocycles. The highest BCUT2D eigenvalue weighted by Gasteiger charge is 2.12. The number of aryl methyl sites for hydroxylation is 1. The standard InChI is InChI=1S/C12H12ClNO2S/c1-7-5-8(3-4-9(7)16-2)11-10(6-15)17-12(13)14-11/h3-5,15H,6H2,1-2H3. The molecule has 3 nitrogen and oxygen atoms in total. The Morgan fingerprint density at radius 1 is 1.47 bits per heavy atom. The van der Waals surface area contributed by atoms with E-state index in [0.717, 1.165) is 27.4 Å². The number of thiazole rings is 1. The Hall–Kier alpha value is -1.10. The van der Waals surface area contributed by atoms with Gasteiger partial charge in [-0.1, -0.05) is 11.6 Å². The van der Waals surface area contributed by atoms with Crippen LogP contribution in [-0.2, 0) is 6.61 Å². The summed E-state index contributed by atoms with van der Waals surface area (Å²) >= 11 is 7.16. The number of aliphatic hydroxyl groups excluding tert-OH is 1. The minimum Gasteiger partial charge on any atom is -0.496 e. The van der Waals surface area contributed by atoms with Crippen LogP contribution in [0.4, 0.5) is 0 Å². The van der Waals surface area contributed by atoms with Gasteiger partial charge in [0.05, 0.1) is 24.3 Å². The minimum atomic E-state index is -0.0508. The third kappa shape index (κ3) is 2.44. The van der Waals surface area contributed by atoms with Crippen molar-refractivity contribution < 1.29 is 9.84 Å². The maximum absolute atomic E-state index is 9.25. The van der Waals surface area contributed by atoms with Crippen molar-refractivity contribution in [2.24, 2.45) is 0 Å². The van der Waals surface area contributed by atoms with Crippen molar-refractivity contribution >= 4 is 22.9 Å². The fraction of sp³-hybridized carbons (Fsp3) is 0.250. The number of halogens is 1. The highest BCUT2D eigenvalue weighted by atomic mass is 35.5. The Morgan fingerprint density at radius 2 is 2.24 bits per heavy atom. The van der Waals surface area contributed by atoms with E-state index < -0.39 is 0 Å². The van der Waals surface area contributed by atoms with Gasteiger partial charge in [-0.3, -0.25) is 0 Å². The molecule has 0 aliphatic rings. The molecule has 17 heavy (non-hydrogen) atoms. The number of rotatable bonds is 3. The predicted octanol–water partition coefficient (Wildman–Crippen LogP) is 3.27. The summed E-state index contributed by atoms with van der Waals surface area (Å²) in [6.07, 6.45) is 0. The molecule has 0 aliphatic heterocycles. The average Bonchev–Trinajstić information content (AvgIpc) is 2.70. The largest absolute Gasteiger partial charge is 0.496 e. The molecule has 1 N–H and O–H groups in total. The number of hydrogen-bond donors (Lipinski definition) is 1. The van der Waals surface area contributed by atoms with Gasteiger partial charge in [-0.25, -0.2) is 4.98 Å². The second-order valence-corrected chi connectivity index (χ2v) is 5.25. The van der Waals surface area contributed by atoms with Crippen LogP contribution in [0.1, 0.15) is 10.4 Å². The van der Waals surface area contributed by atoms with Crippen LogP contribution < -0.4 is 4.74 Å². The third-order valence-electron chi connectivity index (χ3n) is 2.48. The van der Waals surface area contributed by atoms with Crippen LogP contribution in [-0.4, -0.2) is 17.2 Å². The molecule has 0 unspecified atom stereocenters. The summed E-state index contributed by atoms with van der Waals surface area (Å²) in [7, 11) is 1.64. The number of hydrogen-bond acceptors (Lipinski definition) is 4. The summed E-state index contributed by atoms with van der Waals surface area (Å²) < 4.78 is 5.65. The number of methoxy groups -OCH3 is 1. The number of aliphatic hydroxyl groups is 1. The Balaban J connectivity index is 2.49. The first kappa shape index (κ1) is 12.4. The van der Waals surface area contributed by atoms with E-state index in [4.69, 9.17) is 16.3 Å². The molecule has 1 aromatic carbocycles. The van der Waals surface area contributed by atoms with Gasteiger partial charge in [0.1, 0.15) is 5.75 Å². The summed E-state index contributed by atoms with van der Waals surface area (Å²) in [5.41, 5.74) is 2.71. The average molecular weight is 270 g/mol. The summed E-state index contributed by atoms with van der Waals surface area (Å²) in [6.45, 7) is 1.92. The Bertz CT molecular complexity index is 539. The second-order valence-electron chi connectivity index (χ2n) is 3.58. The topological polar surface area (TPSA) is 42.4 Å². The van der Waals surface area contributed by atoms with E-state index in [-0.39, 0.29) is 6.61 Å². The lowest BCUT2D eigenvalue weighted by Gasteiger charge is -2.06. The summed E-state index contributed by atoms with van der Waals surface area (Å²) in [5.74, 6) is 0.834. The van der Waals surface area contributed by atoms with Crippen LogP contribution in [0, 0.1) is 6.92 Å². The third-order valence-corrected chi connectivity index (χ3v) is 3.63. The molecule has 0 amide bonds. The second kappa shape index (κ2) is 5.04. The van der Waals surface area contributed by atoms with E-state index in [1.807, 2.05) is 25.1 Å². The van der Waals surface area contributed by atoms with Crippen LogP contribution in [0.15, 0.2) is 18.2 Å². The van der Waals surface area contributed by atoms with Gasteiger partial charge in [-0.15, -0.1) is 11.3 Å². The molecular formula is C12H12ClNO2S. The van der Waals surface area contributed by atoms with Gasteiger partial charge in [0.2, 0.25) is 0 Å². The Morgan fingerprint density at radius 3 is 2.82 bits per heavy atom. The first-order chi connectivity index (χ1) is 8.15. The van der Waals surface area contributed by atoms with E-state index in [0.29, 0.717) is 4.47 Å². The molecule has 1 heterocycles. The van der Waals surface area contributed by atoms with Crippen LogP contribution in [0.3, 0.4) is 0 Å². The van der Waals surface area contributed by atoms with E-state index in [2.05, 4.69) is 4.98 Å². The van der Waals surface area contributed by atoms with Crippen LogP contribution in [0.2, 0.25) is 4.47 Å². The zero-order valence-electron chi connectivity index (χ0n) is 9.53. The van der Waals surface area contributed by atoms with Crippen molar-refractivity contribution in [3.05, 3.63) is 33.1 Å². The van der Waals surface area contributed by atoms with Crippen molar-refractivity contribution in [3.8, 4) is 17.0 Å². The SMILES string of the molecule is COc1ccc(-c2nc(Cl)sc2CO)cc1C.